The quantitative estimate of drug-likeness (QED) is 0.904. The molecule has 0 amide bonds. The number of sulfonamides is 1. The van der Waals surface area contributed by atoms with Gasteiger partial charge in [-0.15, -0.1) is 0 Å². The van der Waals surface area contributed by atoms with Crippen LogP contribution in [0.1, 0.15) is 30.4 Å². The van der Waals surface area contributed by atoms with Gasteiger partial charge in [-0.25, -0.2) is 8.42 Å². The number of hydrogen-bond donors (Lipinski definition) is 1. The predicted molar refractivity (Wildman–Crippen MR) is 79.7 cm³/mol. The zero-order chi connectivity index (χ0) is 15.6. The normalized spacial score (nSPS) is 19.8. The Labute approximate surface area is 125 Å². The third-order valence-corrected chi connectivity index (χ3v) is 5.99. The maximum absolute atomic E-state index is 12.7. The summed E-state index contributed by atoms with van der Waals surface area (Å²) in [5, 5.41) is 8.71. The highest BCUT2D eigenvalue weighted by molar-refractivity contribution is 7.89. The zero-order valence-electron chi connectivity index (χ0n) is 12.4. The minimum Gasteiger partial charge on any atom is -0.481 e. The monoisotopic (exact) mass is 311 g/mol. The largest absolute Gasteiger partial charge is 0.481 e. The summed E-state index contributed by atoms with van der Waals surface area (Å²) in [7, 11) is -3.47. The lowest BCUT2D eigenvalue weighted by atomic mass is 10.0. The van der Waals surface area contributed by atoms with E-state index in [-0.39, 0.29) is 12.3 Å². The van der Waals surface area contributed by atoms with Crippen molar-refractivity contribution in [1.82, 2.24) is 4.31 Å². The minimum absolute atomic E-state index is 0.0993. The predicted octanol–water partition coefficient (Wildman–Crippen LogP) is 2.18. The number of carboxylic acids is 1. The van der Waals surface area contributed by atoms with E-state index in [1.165, 1.54) is 4.31 Å². The van der Waals surface area contributed by atoms with Crippen molar-refractivity contribution in [2.45, 2.75) is 38.0 Å². The smallest absolute Gasteiger partial charge is 0.303 e. The molecule has 0 aromatic heterocycles. The summed E-state index contributed by atoms with van der Waals surface area (Å²) < 4.78 is 26.8. The Bertz CT molecular complexity index is 639. The van der Waals surface area contributed by atoms with Gasteiger partial charge in [0, 0.05) is 19.5 Å². The molecule has 116 valence electrons. The van der Waals surface area contributed by atoms with E-state index < -0.39 is 16.0 Å². The second kappa shape index (κ2) is 6.15. The number of aliphatic carboxylic acids is 1. The van der Waals surface area contributed by atoms with Crippen LogP contribution in [0.15, 0.2) is 23.1 Å². The van der Waals surface area contributed by atoms with Crippen molar-refractivity contribution in [3.63, 3.8) is 0 Å². The van der Waals surface area contributed by atoms with Gasteiger partial charge in [0.25, 0.3) is 0 Å². The molecule has 21 heavy (non-hydrogen) atoms. The number of benzene rings is 1. The van der Waals surface area contributed by atoms with Gasteiger partial charge in [-0.2, -0.15) is 4.31 Å². The Hall–Kier alpha value is -1.40. The Morgan fingerprint density at radius 1 is 1.38 bits per heavy atom. The van der Waals surface area contributed by atoms with E-state index >= 15 is 0 Å². The molecular weight excluding hydrogens is 290 g/mol. The SMILES string of the molecule is Cc1ccc(S(=O)(=O)N2CCC(CCC(=O)O)C2)c(C)c1. The van der Waals surface area contributed by atoms with E-state index in [1.807, 2.05) is 13.0 Å². The molecule has 1 N–H and O–H groups in total. The minimum atomic E-state index is -3.47. The van der Waals surface area contributed by atoms with Crippen LogP contribution in [0.5, 0.6) is 0 Å². The fourth-order valence-electron chi connectivity index (χ4n) is 2.81. The molecule has 0 radical (unpaired) electrons. The van der Waals surface area contributed by atoms with Crippen LogP contribution < -0.4 is 0 Å². The Morgan fingerprint density at radius 2 is 2.10 bits per heavy atom. The Balaban J connectivity index is 2.12. The number of hydrogen-bond acceptors (Lipinski definition) is 3. The van der Waals surface area contributed by atoms with Crippen LogP contribution in [0.25, 0.3) is 0 Å². The highest BCUT2D eigenvalue weighted by atomic mass is 32.2. The van der Waals surface area contributed by atoms with Gasteiger partial charge in [0.15, 0.2) is 0 Å². The van der Waals surface area contributed by atoms with Gasteiger partial charge in [-0.1, -0.05) is 17.7 Å². The lowest BCUT2D eigenvalue weighted by Gasteiger charge is -2.18. The van der Waals surface area contributed by atoms with Crippen LogP contribution >= 0.6 is 0 Å². The van der Waals surface area contributed by atoms with E-state index in [4.69, 9.17) is 5.11 Å². The number of nitrogens with zero attached hydrogens (tertiary/aromatic N) is 1. The Morgan fingerprint density at radius 3 is 2.71 bits per heavy atom. The second-order valence-corrected chi connectivity index (χ2v) is 7.63. The van der Waals surface area contributed by atoms with Crippen molar-refractivity contribution in [3.05, 3.63) is 29.3 Å². The van der Waals surface area contributed by atoms with Crippen molar-refractivity contribution in [2.24, 2.45) is 5.92 Å². The van der Waals surface area contributed by atoms with Crippen LogP contribution in [0.4, 0.5) is 0 Å². The molecule has 1 atom stereocenters. The first kappa shape index (κ1) is 16.0. The maximum Gasteiger partial charge on any atom is 0.303 e. The van der Waals surface area contributed by atoms with Crippen LogP contribution in [0.2, 0.25) is 0 Å². The first-order valence-corrected chi connectivity index (χ1v) is 8.54. The van der Waals surface area contributed by atoms with Crippen molar-refractivity contribution in [2.75, 3.05) is 13.1 Å². The van der Waals surface area contributed by atoms with Crippen molar-refractivity contribution in [1.29, 1.82) is 0 Å². The lowest BCUT2D eigenvalue weighted by Crippen LogP contribution is -2.29. The highest BCUT2D eigenvalue weighted by Gasteiger charge is 2.33. The van der Waals surface area contributed by atoms with Crippen molar-refractivity contribution < 1.29 is 18.3 Å². The molecule has 0 saturated carbocycles. The van der Waals surface area contributed by atoms with Gasteiger partial charge in [0.2, 0.25) is 10.0 Å². The van der Waals surface area contributed by atoms with Gasteiger partial charge in [-0.3, -0.25) is 4.79 Å². The van der Waals surface area contributed by atoms with Gasteiger partial charge in [0.05, 0.1) is 4.90 Å². The molecule has 5 nitrogen and oxygen atoms in total. The molecule has 0 aliphatic carbocycles. The molecular formula is C15H21NO4S. The standard InChI is InChI=1S/C15H21NO4S/c1-11-3-5-14(12(2)9-11)21(19,20)16-8-7-13(10-16)4-6-15(17)18/h3,5,9,13H,4,6-8,10H2,1-2H3,(H,17,18). The third-order valence-electron chi connectivity index (χ3n) is 3.96. The topological polar surface area (TPSA) is 74.7 Å². The fraction of sp³-hybridized carbons (Fsp3) is 0.533. The summed E-state index contributed by atoms with van der Waals surface area (Å²) in [6, 6.07) is 5.33. The number of rotatable bonds is 5. The molecule has 2 rings (SSSR count). The van der Waals surface area contributed by atoms with Crippen LogP contribution in [-0.2, 0) is 14.8 Å². The molecule has 1 saturated heterocycles. The second-order valence-electron chi connectivity index (χ2n) is 5.72. The lowest BCUT2D eigenvalue weighted by molar-refractivity contribution is -0.137. The summed E-state index contributed by atoms with van der Waals surface area (Å²) in [5.41, 5.74) is 1.79. The molecule has 1 aliphatic rings. The fourth-order valence-corrected chi connectivity index (χ4v) is 4.54. The third kappa shape index (κ3) is 3.63. The van der Waals surface area contributed by atoms with Gasteiger partial charge in [0.1, 0.15) is 0 Å². The molecule has 1 aliphatic heterocycles. The van der Waals surface area contributed by atoms with E-state index in [1.54, 1.807) is 19.1 Å². The summed E-state index contributed by atoms with van der Waals surface area (Å²) in [6.45, 7) is 4.63. The summed E-state index contributed by atoms with van der Waals surface area (Å²) in [4.78, 5) is 11.0. The van der Waals surface area contributed by atoms with E-state index in [0.29, 0.717) is 24.4 Å². The number of aryl methyl sites for hydroxylation is 2. The molecule has 0 spiro atoms. The maximum atomic E-state index is 12.7. The first-order valence-electron chi connectivity index (χ1n) is 7.10. The average molecular weight is 311 g/mol. The van der Waals surface area contributed by atoms with Gasteiger partial charge < -0.3 is 5.11 Å². The molecule has 1 unspecified atom stereocenters. The van der Waals surface area contributed by atoms with Crippen molar-refractivity contribution in [3.8, 4) is 0 Å². The molecule has 0 bridgehead atoms. The molecule has 1 aromatic rings. The van der Waals surface area contributed by atoms with Gasteiger partial charge in [-0.05, 0) is 44.2 Å². The van der Waals surface area contributed by atoms with Crippen molar-refractivity contribution >= 4 is 16.0 Å². The first-order chi connectivity index (χ1) is 9.80. The molecule has 1 heterocycles. The van der Waals surface area contributed by atoms with E-state index in [9.17, 15) is 13.2 Å². The van der Waals surface area contributed by atoms with Gasteiger partial charge >= 0.3 is 5.97 Å². The number of carbonyl (C=O) groups is 1. The zero-order valence-corrected chi connectivity index (χ0v) is 13.2. The highest BCUT2D eigenvalue weighted by Crippen LogP contribution is 2.28. The molecule has 1 aromatic carbocycles. The Kier molecular flexibility index (Phi) is 4.68. The number of carboxylic acid groups (broad SMARTS) is 1. The van der Waals surface area contributed by atoms with Crippen LogP contribution in [0, 0.1) is 19.8 Å². The average Bonchev–Trinajstić information content (AvgIpc) is 2.85. The van der Waals surface area contributed by atoms with E-state index in [2.05, 4.69) is 0 Å². The van der Waals surface area contributed by atoms with Crippen LogP contribution in [0.3, 0.4) is 0 Å². The summed E-state index contributed by atoms with van der Waals surface area (Å²) in [6.07, 6.45) is 1.37. The summed E-state index contributed by atoms with van der Waals surface area (Å²) >= 11 is 0. The molecule has 1 fully saturated rings. The van der Waals surface area contributed by atoms with Crippen LogP contribution in [-0.4, -0.2) is 36.9 Å². The summed E-state index contributed by atoms with van der Waals surface area (Å²) in [5.74, 6) is -0.688. The molecule has 6 heteroatoms. The van der Waals surface area contributed by atoms with E-state index in [0.717, 1.165) is 17.5 Å².